The number of pyridine rings is 2. The van der Waals surface area contributed by atoms with E-state index in [0.29, 0.717) is 35.0 Å². The summed E-state index contributed by atoms with van der Waals surface area (Å²) in [5, 5.41) is 11.9. The maximum Gasteiger partial charge on any atom is 0.256 e. The van der Waals surface area contributed by atoms with Crippen LogP contribution in [0.2, 0.25) is 0 Å². The average molecular weight is 561 g/mol. The van der Waals surface area contributed by atoms with E-state index in [1.54, 1.807) is 18.2 Å². The van der Waals surface area contributed by atoms with Gasteiger partial charge in [-0.1, -0.05) is 30.7 Å². The van der Waals surface area contributed by atoms with E-state index in [0.717, 1.165) is 67.0 Å². The number of nitrogens with one attached hydrogen (secondary N) is 2. The summed E-state index contributed by atoms with van der Waals surface area (Å²) in [4.78, 5) is 37.5. The second-order valence-corrected chi connectivity index (χ2v) is 10.9. The second kappa shape index (κ2) is 11.8. The molecule has 2 atom stereocenters. The highest BCUT2D eigenvalue weighted by Crippen LogP contribution is 2.39. The van der Waals surface area contributed by atoms with Crippen LogP contribution in [0.25, 0.3) is 33.1 Å². The second-order valence-electron chi connectivity index (χ2n) is 10.9. The molecule has 4 aromatic rings. The Labute approximate surface area is 243 Å². The maximum atomic E-state index is 12.9. The Morgan fingerprint density at radius 1 is 1.12 bits per heavy atom. The number of rotatable bonds is 3. The van der Waals surface area contributed by atoms with Crippen molar-refractivity contribution in [1.29, 1.82) is 0 Å². The summed E-state index contributed by atoms with van der Waals surface area (Å²) in [7, 11) is 0. The van der Waals surface area contributed by atoms with Crippen molar-refractivity contribution in [2.75, 3.05) is 11.1 Å². The number of carbonyl (C=O) groups excluding carboxylic acids is 2. The first-order valence-electron chi connectivity index (χ1n) is 14.4. The molecule has 1 aliphatic carbocycles. The number of anilines is 2. The SMILES string of the molecule is [C-]#[N+]c1ccnc(NC(=O)c2ccc(-c3nn4c5c(cnc(N)c35)/C=C/CCCCCC(=O)N[C@@H]3CC[C@@H]4C3)cc2)c1. The highest BCUT2D eigenvalue weighted by Gasteiger charge is 2.31. The van der Waals surface area contributed by atoms with Crippen LogP contribution in [0.15, 0.2) is 54.9 Å². The van der Waals surface area contributed by atoms with E-state index in [-0.39, 0.29) is 23.9 Å². The number of nitrogens with two attached hydrogens (primary N) is 1. The Hall–Kier alpha value is -5.04. The zero-order valence-corrected chi connectivity index (χ0v) is 23.2. The highest BCUT2D eigenvalue weighted by atomic mass is 16.2. The van der Waals surface area contributed by atoms with Gasteiger partial charge in [-0.15, -0.1) is 0 Å². The molecule has 10 heteroatoms. The van der Waals surface area contributed by atoms with E-state index < -0.39 is 0 Å². The Balaban J connectivity index is 1.36. The number of aromatic nitrogens is 4. The number of carbonyl (C=O) groups is 2. The molecular weight excluding hydrogens is 528 g/mol. The van der Waals surface area contributed by atoms with E-state index >= 15 is 0 Å². The minimum absolute atomic E-state index is 0.106. The van der Waals surface area contributed by atoms with Crippen LogP contribution in [0.3, 0.4) is 0 Å². The lowest BCUT2D eigenvalue weighted by Gasteiger charge is -2.15. The fourth-order valence-electron chi connectivity index (χ4n) is 5.88. The molecule has 2 amide bonds. The predicted octanol–water partition coefficient (Wildman–Crippen LogP) is 6.07. The molecule has 0 saturated heterocycles. The third-order valence-corrected chi connectivity index (χ3v) is 8.01. The molecular formula is C32H32N8O2. The molecule has 6 rings (SSSR count). The minimum Gasteiger partial charge on any atom is -0.383 e. The van der Waals surface area contributed by atoms with Crippen LogP contribution in [0.5, 0.6) is 0 Å². The number of nitrogens with zero attached hydrogens (tertiary/aromatic N) is 5. The number of allylic oxidation sites excluding steroid dienone is 1. The van der Waals surface area contributed by atoms with Crippen LogP contribution >= 0.6 is 0 Å². The smallest absolute Gasteiger partial charge is 0.256 e. The number of hydrogen-bond acceptors (Lipinski definition) is 6. The van der Waals surface area contributed by atoms with E-state index in [4.69, 9.17) is 17.4 Å². The molecule has 212 valence electrons. The van der Waals surface area contributed by atoms with Gasteiger partial charge in [-0.3, -0.25) is 14.3 Å². The quantitative estimate of drug-likeness (QED) is 0.261. The summed E-state index contributed by atoms with van der Waals surface area (Å²) in [6, 6.07) is 10.5. The molecule has 42 heavy (non-hydrogen) atoms. The molecule has 1 aliphatic heterocycles. The first-order chi connectivity index (χ1) is 20.5. The minimum atomic E-state index is -0.327. The van der Waals surface area contributed by atoms with Crippen molar-refractivity contribution in [2.24, 2.45) is 0 Å². The van der Waals surface area contributed by atoms with Crippen LogP contribution in [-0.4, -0.2) is 37.6 Å². The van der Waals surface area contributed by atoms with Gasteiger partial charge in [0.15, 0.2) is 5.69 Å². The van der Waals surface area contributed by atoms with Crippen LogP contribution in [-0.2, 0) is 4.79 Å². The fourth-order valence-corrected chi connectivity index (χ4v) is 5.88. The van der Waals surface area contributed by atoms with Crippen molar-refractivity contribution in [2.45, 2.75) is 63.5 Å². The first kappa shape index (κ1) is 27.1. The normalized spacial score (nSPS) is 19.7. The summed E-state index contributed by atoms with van der Waals surface area (Å²) in [6.45, 7) is 7.17. The summed E-state index contributed by atoms with van der Waals surface area (Å²) >= 11 is 0. The predicted molar refractivity (Wildman–Crippen MR) is 163 cm³/mol. The van der Waals surface area contributed by atoms with Crippen molar-refractivity contribution < 1.29 is 9.59 Å². The number of benzene rings is 1. The van der Waals surface area contributed by atoms with Crippen LogP contribution in [0.4, 0.5) is 17.3 Å². The zero-order chi connectivity index (χ0) is 29.1. The van der Waals surface area contributed by atoms with Gasteiger partial charge in [0, 0.05) is 41.5 Å². The molecule has 3 aromatic heterocycles. The number of nitrogen functional groups attached to an aromatic ring is 1. The standard InChI is InChI=1S/C32H32N8O2/c1-34-23-15-16-35-26(18-23)38-32(42)21-11-9-20(10-12-21)29-28-30-22(19-36-31(28)33)7-5-3-2-4-6-8-27(41)37-24-13-14-25(17-24)40(30)39-29/h5,7,9-12,15-16,18-19,24-25H,2-4,6,8,13-14,17H2,(H2,33,36)(H,37,41)(H,35,38,42)/b7-5+/t24-,25-/m1/s1. The van der Waals surface area contributed by atoms with E-state index in [2.05, 4.69) is 42.3 Å². The highest BCUT2D eigenvalue weighted by molar-refractivity contribution is 6.06. The van der Waals surface area contributed by atoms with Gasteiger partial charge in [-0.25, -0.2) is 14.8 Å². The Kier molecular flexibility index (Phi) is 7.64. The molecule has 0 spiro atoms. The van der Waals surface area contributed by atoms with Crippen LogP contribution < -0.4 is 16.4 Å². The molecule has 10 nitrogen and oxygen atoms in total. The van der Waals surface area contributed by atoms with Crippen molar-refractivity contribution in [1.82, 2.24) is 25.1 Å². The molecule has 0 unspecified atom stereocenters. The van der Waals surface area contributed by atoms with Gasteiger partial charge >= 0.3 is 0 Å². The molecule has 1 fully saturated rings. The van der Waals surface area contributed by atoms with E-state index in [1.807, 2.05) is 18.3 Å². The molecule has 1 saturated carbocycles. The zero-order valence-electron chi connectivity index (χ0n) is 23.2. The Morgan fingerprint density at radius 2 is 1.98 bits per heavy atom. The fraction of sp³-hybridized carbons (Fsp3) is 0.312. The third kappa shape index (κ3) is 5.59. The molecule has 2 bridgehead atoms. The molecule has 0 radical (unpaired) electrons. The Morgan fingerprint density at radius 3 is 2.81 bits per heavy atom. The summed E-state index contributed by atoms with van der Waals surface area (Å²) in [5.74, 6) is 0.521. The van der Waals surface area contributed by atoms with Crippen LogP contribution in [0.1, 0.15) is 73.3 Å². The topological polar surface area (TPSA) is 132 Å². The van der Waals surface area contributed by atoms with Crippen molar-refractivity contribution in [3.8, 4) is 11.3 Å². The average Bonchev–Trinajstić information content (AvgIpc) is 3.63. The van der Waals surface area contributed by atoms with Gasteiger partial charge in [0.2, 0.25) is 5.91 Å². The summed E-state index contributed by atoms with van der Waals surface area (Å²) in [6.07, 6.45) is 14.6. The lowest BCUT2D eigenvalue weighted by Crippen LogP contribution is -2.32. The van der Waals surface area contributed by atoms with Crippen molar-refractivity contribution in [3.05, 3.63) is 77.4 Å². The third-order valence-electron chi connectivity index (χ3n) is 8.01. The van der Waals surface area contributed by atoms with E-state index in [1.165, 1.54) is 12.3 Å². The summed E-state index contributed by atoms with van der Waals surface area (Å²) < 4.78 is 2.07. The molecule has 1 aromatic carbocycles. The van der Waals surface area contributed by atoms with Gasteiger partial charge < -0.3 is 16.4 Å². The van der Waals surface area contributed by atoms with Gasteiger partial charge in [0.05, 0.1) is 23.5 Å². The molecule has 2 aliphatic rings. The van der Waals surface area contributed by atoms with Gasteiger partial charge in [-0.2, -0.15) is 5.10 Å². The van der Waals surface area contributed by atoms with Crippen molar-refractivity contribution >= 4 is 46.1 Å². The maximum absolute atomic E-state index is 12.9. The monoisotopic (exact) mass is 560 g/mol. The number of hydrogen-bond donors (Lipinski definition) is 3. The van der Waals surface area contributed by atoms with Gasteiger partial charge in [0.1, 0.15) is 17.3 Å². The summed E-state index contributed by atoms with van der Waals surface area (Å²) in [5.41, 5.74) is 10.8. The van der Waals surface area contributed by atoms with Gasteiger partial charge in [-0.05, 0) is 62.8 Å². The van der Waals surface area contributed by atoms with Crippen LogP contribution in [0, 0.1) is 6.57 Å². The molecule has 4 heterocycles. The lowest BCUT2D eigenvalue weighted by molar-refractivity contribution is -0.121. The number of fused-ring (bicyclic) bond motifs is 3. The first-order valence-corrected chi connectivity index (χ1v) is 14.4. The Bertz CT molecular complexity index is 1720. The number of amides is 2. The van der Waals surface area contributed by atoms with Crippen molar-refractivity contribution in [3.63, 3.8) is 0 Å². The van der Waals surface area contributed by atoms with E-state index in [9.17, 15) is 9.59 Å². The molecule has 4 N–H and O–H groups in total. The lowest BCUT2D eigenvalue weighted by atomic mass is 10.0. The van der Waals surface area contributed by atoms with Gasteiger partial charge in [0.25, 0.3) is 5.91 Å². The largest absolute Gasteiger partial charge is 0.383 e.